The molecule has 18 nitrogen and oxygen atoms in total. The van der Waals surface area contributed by atoms with E-state index in [2.05, 4.69) is 56.0 Å². The van der Waals surface area contributed by atoms with Gasteiger partial charge in [0.05, 0.1) is 35.0 Å². The van der Waals surface area contributed by atoms with Gasteiger partial charge in [0.1, 0.15) is 0 Å². The average Bonchev–Trinajstić information content (AvgIpc) is 4.15. The molecule has 0 N–H and O–H groups in total. The topological polar surface area (TPSA) is 202 Å². The highest BCUT2D eigenvalue weighted by Crippen LogP contribution is 2.36. The minimum Gasteiger partial charge on any atom is -0.406 e. The Balaban J connectivity index is 0.000000149. The van der Waals surface area contributed by atoms with Gasteiger partial charge in [0.15, 0.2) is 34.1 Å². The molecule has 1 saturated heterocycles. The van der Waals surface area contributed by atoms with Crippen LogP contribution >= 0.6 is 15.9 Å². The van der Waals surface area contributed by atoms with Crippen LogP contribution in [0.2, 0.25) is 0 Å². The first-order chi connectivity index (χ1) is 33.5. The maximum absolute atomic E-state index is 12.3. The molecule has 0 bridgehead atoms. The summed E-state index contributed by atoms with van der Waals surface area (Å²) in [4.78, 5) is 51.0. The van der Waals surface area contributed by atoms with E-state index in [9.17, 15) is 9.59 Å². The van der Waals surface area contributed by atoms with Gasteiger partial charge < -0.3 is 18.1 Å². The van der Waals surface area contributed by atoms with E-state index in [4.69, 9.17) is 18.1 Å². The SMILES string of the molecule is C.Cc1ccc2oc(=O)n(Cc3cccc(-c4ncc(-c5cnn(C)c5)cn4)c3)c2n1.Cc1ccc2oc(=O)n(Cc3cccc(-c4ncc(Br)cn4)c3)c2n1.Cn1cc(B2OC(C)(C)C(C)(C)O2)cn1. The minimum atomic E-state index is -0.425. The lowest BCUT2D eigenvalue weighted by atomic mass is 9.82. The Morgan fingerprint density at radius 1 is 0.577 bits per heavy atom. The van der Waals surface area contributed by atoms with Gasteiger partial charge in [-0.15, -0.1) is 0 Å². The van der Waals surface area contributed by atoms with Crippen LogP contribution in [0.3, 0.4) is 0 Å². The molecule has 11 rings (SSSR count). The maximum Gasteiger partial charge on any atom is 0.498 e. The highest BCUT2D eigenvalue weighted by atomic mass is 79.9. The quantitative estimate of drug-likeness (QED) is 0.132. The summed E-state index contributed by atoms with van der Waals surface area (Å²) < 4.78 is 29.7. The Morgan fingerprint density at radius 3 is 1.49 bits per heavy atom. The number of halogens is 1. The number of oxazole rings is 2. The standard InChI is InChI=1S/C22H18N6O2.C18H13BrN4O2.C10H17BN2O2.CH4/c1-14-6-7-19-21(26-14)28(22(29)30-19)12-15-4-3-5-16(8-15)20-23-9-17(10-24-20)18-11-25-27(2)13-18;1-11-5-6-15-17(22-11)23(18(24)25-15)10-12-3-2-4-13(7-12)16-20-8-14(19)9-21-16;1-9(2)10(3,4)15-11(14-9)8-6-12-13(5)7-8;/h3-11,13H,12H2,1-2H3;2-9H,10H2,1H3;6-7H,1-5H3;1H4. The number of aryl methyl sites for hydroxylation is 4. The smallest absolute Gasteiger partial charge is 0.406 e. The molecule has 10 aromatic rings. The molecule has 0 atom stereocenters. The summed E-state index contributed by atoms with van der Waals surface area (Å²) in [5.41, 5.74) is 9.62. The van der Waals surface area contributed by atoms with E-state index in [0.29, 0.717) is 47.2 Å². The summed E-state index contributed by atoms with van der Waals surface area (Å²) in [5, 5.41) is 8.29. The van der Waals surface area contributed by atoms with E-state index in [1.54, 1.807) is 58.7 Å². The van der Waals surface area contributed by atoms with E-state index < -0.39 is 11.5 Å². The number of fused-ring (bicyclic) bond motifs is 2. The molecular formula is C51H52BBrN12O6. The summed E-state index contributed by atoms with van der Waals surface area (Å²) in [6, 6.07) is 22.7. The number of hydrogen-bond donors (Lipinski definition) is 0. The monoisotopic (exact) mass is 1020 g/mol. The highest BCUT2D eigenvalue weighted by molar-refractivity contribution is 9.10. The first-order valence-corrected chi connectivity index (χ1v) is 23.0. The van der Waals surface area contributed by atoms with Gasteiger partial charge in [-0.3, -0.25) is 18.5 Å². The molecule has 2 aromatic carbocycles. The van der Waals surface area contributed by atoms with Crippen molar-refractivity contribution in [3.8, 4) is 33.9 Å². The maximum atomic E-state index is 12.3. The Morgan fingerprint density at radius 2 is 1.04 bits per heavy atom. The molecule has 0 aliphatic carbocycles. The minimum absolute atomic E-state index is 0. The van der Waals surface area contributed by atoms with Crippen molar-refractivity contribution >= 4 is 51.0 Å². The van der Waals surface area contributed by atoms with Crippen molar-refractivity contribution in [2.45, 2.75) is 73.3 Å². The molecule has 0 spiro atoms. The lowest BCUT2D eigenvalue weighted by Gasteiger charge is -2.32. The molecule has 1 fully saturated rings. The van der Waals surface area contributed by atoms with E-state index in [1.165, 1.54) is 9.13 Å². The molecule has 0 unspecified atom stereocenters. The van der Waals surface area contributed by atoms with Crippen molar-refractivity contribution in [2.75, 3.05) is 0 Å². The van der Waals surface area contributed by atoms with Crippen molar-refractivity contribution in [1.82, 2.24) is 58.6 Å². The predicted octanol–water partition coefficient (Wildman–Crippen LogP) is 8.12. The number of benzene rings is 2. The van der Waals surface area contributed by atoms with Crippen LogP contribution in [0.1, 0.15) is 57.6 Å². The predicted molar refractivity (Wildman–Crippen MR) is 275 cm³/mol. The lowest BCUT2D eigenvalue weighted by Crippen LogP contribution is -2.41. The van der Waals surface area contributed by atoms with Crippen LogP contribution in [0.4, 0.5) is 0 Å². The second-order valence-electron chi connectivity index (χ2n) is 17.8. The molecule has 9 heterocycles. The van der Waals surface area contributed by atoms with E-state index in [0.717, 1.165) is 54.7 Å². The molecule has 20 heteroatoms. The Kier molecular flexibility index (Phi) is 14.3. The zero-order chi connectivity index (χ0) is 49.3. The van der Waals surface area contributed by atoms with Crippen molar-refractivity contribution in [3.63, 3.8) is 0 Å². The fourth-order valence-electron chi connectivity index (χ4n) is 7.54. The molecule has 8 aromatic heterocycles. The van der Waals surface area contributed by atoms with Gasteiger partial charge in [0.25, 0.3) is 0 Å². The molecule has 71 heavy (non-hydrogen) atoms. The summed E-state index contributed by atoms with van der Waals surface area (Å²) in [6.45, 7) is 12.7. The molecule has 0 radical (unpaired) electrons. The second-order valence-corrected chi connectivity index (χ2v) is 18.7. The highest BCUT2D eigenvalue weighted by Gasteiger charge is 2.52. The molecule has 362 valence electrons. The molecule has 0 amide bonds. The number of aromatic nitrogens is 12. The van der Waals surface area contributed by atoms with Crippen LogP contribution in [0, 0.1) is 13.8 Å². The van der Waals surface area contributed by atoms with Crippen LogP contribution < -0.4 is 17.0 Å². The fraction of sp³-hybridized carbons (Fsp3) is 0.255. The van der Waals surface area contributed by atoms with Gasteiger partial charge in [0, 0.05) is 96.6 Å². The third kappa shape index (κ3) is 11.0. The van der Waals surface area contributed by atoms with Crippen molar-refractivity contribution in [1.29, 1.82) is 0 Å². The zero-order valence-electron chi connectivity index (χ0n) is 39.7. The molecule has 1 aliphatic heterocycles. The first kappa shape index (κ1) is 49.7. The summed E-state index contributed by atoms with van der Waals surface area (Å²) in [6.07, 6.45) is 14.4. The average molecular weight is 1020 g/mol. The first-order valence-electron chi connectivity index (χ1n) is 22.2. The lowest BCUT2D eigenvalue weighted by molar-refractivity contribution is 0.00578. The van der Waals surface area contributed by atoms with Crippen molar-refractivity contribution < 1.29 is 18.1 Å². The van der Waals surface area contributed by atoms with Crippen molar-refractivity contribution in [2.24, 2.45) is 14.1 Å². The van der Waals surface area contributed by atoms with Crippen LogP contribution in [-0.2, 0) is 36.5 Å². The number of nitrogens with zero attached hydrogens (tertiary/aromatic N) is 12. The van der Waals surface area contributed by atoms with Gasteiger partial charge in [-0.25, -0.2) is 39.5 Å². The van der Waals surface area contributed by atoms with Crippen LogP contribution in [0.5, 0.6) is 0 Å². The number of pyridine rings is 2. The van der Waals surface area contributed by atoms with Gasteiger partial charge in [-0.05, 0) is 105 Å². The fourth-order valence-corrected chi connectivity index (χ4v) is 7.74. The van der Waals surface area contributed by atoms with Gasteiger partial charge >= 0.3 is 18.6 Å². The molecule has 0 saturated carbocycles. The summed E-state index contributed by atoms with van der Waals surface area (Å²) in [5.74, 6) is 0.398. The Bertz CT molecular complexity index is 3580. The van der Waals surface area contributed by atoms with Crippen LogP contribution in [0.15, 0.2) is 145 Å². The zero-order valence-corrected chi connectivity index (χ0v) is 41.3. The van der Waals surface area contributed by atoms with E-state index >= 15 is 0 Å². The van der Waals surface area contributed by atoms with Gasteiger partial charge in [-0.1, -0.05) is 43.8 Å². The number of hydrogen-bond acceptors (Lipinski definition) is 14. The summed E-state index contributed by atoms with van der Waals surface area (Å²) >= 11 is 3.33. The third-order valence-corrected chi connectivity index (χ3v) is 12.3. The Hall–Kier alpha value is -7.68. The summed E-state index contributed by atoms with van der Waals surface area (Å²) in [7, 11) is 3.45. The normalized spacial score (nSPS) is 13.6. The van der Waals surface area contributed by atoms with E-state index in [-0.39, 0.29) is 25.7 Å². The van der Waals surface area contributed by atoms with Crippen molar-refractivity contribution in [3.05, 3.63) is 170 Å². The number of rotatable bonds is 8. The molecular weight excluding hydrogens is 967 g/mol. The largest absolute Gasteiger partial charge is 0.498 e. The Labute approximate surface area is 417 Å². The second kappa shape index (κ2) is 20.3. The molecule has 1 aliphatic rings. The van der Waals surface area contributed by atoms with Gasteiger partial charge in [0.2, 0.25) is 0 Å². The van der Waals surface area contributed by atoms with Crippen LogP contribution in [0.25, 0.3) is 56.4 Å². The van der Waals surface area contributed by atoms with Crippen LogP contribution in [-0.4, -0.2) is 76.9 Å². The third-order valence-electron chi connectivity index (χ3n) is 11.9. The van der Waals surface area contributed by atoms with E-state index in [1.807, 2.05) is 129 Å². The van der Waals surface area contributed by atoms with Gasteiger partial charge in [-0.2, -0.15) is 10.2 Å².